The van der Waals surface area contributed by atoms with Crippen molar-refractivity contribution in [2.45, 2.75) is 26.3 Å². The Balaban J connectivity index is 1.73. The van der Waals surface area contributed by atoms with Gasteiger partial charge in [-0.1, -0.05) is 85.3 Å². The second-order valence-electron chi connectivity index (χ2n) is 6.80. The standard InChI is InChI=1S/C24H26N2O/c1-3-19-9-7-8-12-22(19)26-23(27)17-25-24(20-10-5-4-6-11-20)21-15-13-18(2)14-16-21/h4-16,24-25H,3,17H2,1-2H3,(H,26,27)/p+1/t24-/m1/s1. The molecule has 3 rings (SSSR count). The summed E-state index contributed by atoms with van der Waals surface area (Å²) in [4.78, 5) is 12.6. The summed E-state index contributed by atoms with van der Waals surface area (Å²) in [6, 6.07) is 26.9. The number of anilines is 1. The molecule has 0 unspecified atom stereocenters. The number of nitrogens with two attached hydrogens (primary N) is 1. The van der Waals surface area contributed by atoms with E-state index in [1.54, 1.807) is 0 Å². The fourth-order valence-corrected chi connectivity index (χ4v) is 3.28. The third kappa shape index (κ3) is 5.05. The normalized spacial score (nSPS) is 11.8. The molecule has 0 heterocycles. The smallest absolute Gasteiger partial charge is 0.279 e. The summed E-state index contributed by atoms with van der Waals surface area (Å²) in [5.74, 6) is 0.0175. The van der Waals surface area contributed by atoms with Crippen LogP contribution >= 0.6 is 0 Å². The fourth-order valence-electron chi connectivity index (χ4n) is 3.28. The van der Waals surface area contributed by atoms with E-state index < -0.39 is 0 Å². The average molecular weight is 359 g/mol. The third-order valence-corrected chi connectivity index (χ3v) is 4.81. The maximum atomic E-state index is 12.6. The average Bonchev–Trinajstić information content (AvgIpc) is 2.70. The van der Waals surface area contributed by atoms with Gasteiger partial charge in [0.25, 0.3) is 5.91 Å². The lowest BCUT2D eigenvalue weighted by atomic mass is 9.98. The van der Waals surface area contributed by atoms with Gasteiger partial charge in [0.15, 0.2) is 6.54 Å². The Morgan fingerprint density at radius 3 is 2.22 bits per heavy atom. The van der Waals surface area contributed by atoms with Crippen molar-refractivity contribution in [3.8, 4) is 0 Å². The number of amides is 1. The summed E-state index contributed by atoms with van der Waals surface area (Å²) in [7, 11) is 0. The molecular formula is C24H27N2O+. The van der Waals surface area contributed by atoms with E-state index in [2.05, 4.69) is 66.9 Å². The van der Waals surface area contributed by atoms with Crippen molar-refractivity contribution < 1.29 is 10.1 Å². The highest BCUT2D eigenvalue weighted by molar-refractivity contribution is 5.92. The zero-order valence-corrected chi connectivity index (χ0v) is 16.0. The molecule has 0 bridgehead atoms. The molecule has 0 aliphatic carbocycles. The van der Waals surface area contributed by atoms with Gasteiger partial charge in [-0.25, -0.2) is 0 Å². The molecule has 1 atom stereocenters. The summed E-state index contributed by atoms with van der Waals surface area (Å²) in [6.45, 7) is 4.55. The SMILES string of the molecule is CCc1ccccc1NC(=O)C[NH2+][C@H](c1ccccc1)c1ccc(C)cc1. The number of rotatable bonds is 7. The number of aryl methyl sites for hydroxylation is 2. The van der Waals surface area contributed by atoms with Crippen LogP contribution < -0.4 is 10.6 Å². The molecule has 0 radical (unpaired) electrons. The van der Waals surface area contributed by atoms with E-state index in [1.165, 1.54) is 16.7 Å². The van der Waals surface area contributed by atoms with Gasteiger partial charge in [-0.3, -0.25) is 4.79 Å². The van der Waals surface area contributed by atoms with Gasteiger partial charge in [0.05, 0.1) is 0 Å². The maximum absolute atomic E-state index is 12.6. The van der Waals surface area contributed by atoms with Crippen LogP contribution in [0.25, 0.3) is 0 Å². The Morgan fingerprint density at radius 2 is 1.52 bits per heavy atom. The highest BCUT2D eigenvalue weighted by Crippen LogP contribution is 2.19. The van der Waals surface area contributed by atoms with E-state index >= 15 is 0 Å². The van der Waals surface area contributed by atoms with Crippen LogP contribution in [-0.2, 0) is 11.2 Å². The first kappa shape index (κ1) is 18.9. The maximum Gasteiger partial charge on any atom is 0.279 e. The van der Waals surface area contributed by atoms with Crippen LogP contribution in [-0.4, -0.2) is 12.5 Å². The van der Waals surface area contributed by atoms with Crippen molar-refractivity contribution in [3.05, 3.63) is 101 Å². The molecular weight excluding hydrogens is 332 g/mol. The van der Waals surface area contributed by atoms with Gasteiger partial charge in [-0.05, 0) is 25.0 Å². The minimum atomic E-state index is 0.0175. The highest BCUT2D eigenvalue weighted by Gasteiger charge is 2.19. The van der Waals surface area contributed by atoms with Crippen LogP contribution in [0.1, 0.15) is 35.2 Å². The Bertz CT molecular complexity index is 872. The van der Waals surface area contributed by atoms with Gasteiger partial charge in [0.1, 0.15) is 6.04 Å². The molecule has 138 valence electrons. The first-order valence-electron chi connectivity index (χ1n) is 9.50. The predicted molar refractivity (Wildman–Crippen MR) is 111 cm³/mol. The topological polar surface area (TPSA) is 45.7 Å². The van der Waals surface area contributed by atoms with Crippen LogP contribution in [0.3, 0.4) is 0 Å². The molecule has 1 amide bonds. The van der Waals surface area contributed by atoms with E-state index in [9.17, 15) is 4.79 Å². The quantitative estimate of drug-likeness (QED) is 0.661. The molecule has 0 saturated carbocycles. The number of para-hydroxylation sites is 1. The van der Waals surface area contributed by atoms with E-state index in [-0.39, 0.29) is 11.9 Å². The molecule has 27 heavy (non-hydrogen) atoms. The van der Waals surface area contributed by atoms with Gasteiger partial charge >= 0.3 is 0 Å². The molecule has 3 N–H and O–H groups in total. The molecule has 0 aliphatic heterocycles. The number of hydrogen-bond acceptors (Lipinski definition) is 1. The van der Waals surface area contributed by atoms with Crippen molar-refractivity contribution in [3.63, 3.8) is 0 Å². The van der Waals surface area contributed by atoms with E-state index in [4.69, 9.17) is 0 Å². The van der Waals surface area contributed by atoms with Crippen molar-refractivity contribution >= 4 is 11.6 Å². The molecule has 0 aromatic heterocycles. The lowest BCUT2D eigenvalue weighted by molar-refractivity contribution is -0.676. The predicted octanol–water partition coefficient (Wildman–Crippen LogP) is 3.85. The van der Waals surface area contributed by atoms with Gasteiger partial charge in [0.2, 0.25) is 0 Å². The summed E-state index contributed by atoms with van der Waals surface area (Å²) in [6.07, 6.45) is 0.899. The lowest BCUT2D eigenvalue weighted by Crippen LogP contribution is -2.87. The molecule has 0 spiro atoms. The Kier molecular flexibility index (Phi) is 6.39. The molecule has 0 fully saturated rings. The summed E-state index contributed by atoms with van der Waals surface area (Å²) < 4.78 is 0. The molecule has 0 aliphatic rings. The van der Waals surface area contributed by atoms with Crippen LogP contribution in [0.4, 0.5) is 5.69 Å². The number of carbonyl (C=O) groups is 1. The van der Waals surface area contributed by atoms with E-state index in [1.807, 2.05) is 36.4 Å². The second-order valence-corrected chi connectivity index (χ2v) is 6.80. The first-order chi connectivity index (χ1) is 13.2. The van der Waals surface area contributed by atoms with Gasteiger partial charge in [0, 0.05) is 16.8 Å². The fraction of sp³-hybridized carbons (Fsp3) is 0.208. The number of nitrogens with one attached hydrogen (secondary N) is 1. The van der Waals surface area contributed by atoms with Gasteiger partial charge in [-0.2, -0.15) is 0 Å². The summed E-state index contributed by atoms with van der Waals surface area (Å²) in [5, 5.41) is 5.16. The zero-order valence-electron chi connectivity index (χ0n) is 16.0. The van der Waals surface area contributed by atoms with Crippen molar-refractivity contribution in [2.75, 3.05) is 11.9 Å². The Labute approximate surface area is 161 Å². The second kappa shape index (κ2) is 9.15. The third-order valence-electron chi connectivity index (χ3n) is 4.81. The van der Waals surface area contributed by atoms with Crippen molar-refractivity contribution in [1.82, 2.24) is 0 Å². The minimum Gasteiger partial charge on any atom is -0.328 e. The number of quaternary nitrogens is 1. The number of hydrogen-bond donors (Lipinski definition) is 2. The molecule has 3 aromatic rings. The van der Waals surface area contributed by atoms with Crippen LogP contribution in [0.2, 0.25) is 0 Å². The largest absolute Gasteiger partial charge is 0.328 e. The zero-order chi connectivity index (χ0) is 19.1. The first-order valence-corrected chi connectivity index (χ1v) is 9.50. The number of carbonyl (C=O) groups excluding carboxylic acids is 1. The highest BCUT2D eigenvalue weighted by atomic mass is 16.1. The Morgan fingerprint density at radius 1 is 0.889 bits per heavy atom. The molecule has 0 saturated heterocycles. The lowest BCUT2D eigenvalue weighted by Gasteiger charge is -2.17. The molecule has 3 aromatic carbocycles. The summed E-state index contributed by atoms with van der Waals surface area (Å²) in [5.41, 5.74) is 5.70. The Hall–Kier alpha value is -2.91. The minimum absolute atomic E-state index is 0.0175. The molecule has 3 heteroatoms. The van der Waals surface area contributed by atoms with Gasteiger partial charge in [-0.15, -0.1) is 0 Å². The molecule has 3 nitrogen and oxygen atoms in total. The summed E-state index contributed by atoms with van der Waals surface area (Å²) >= 11 is 0. The van der Waals surface area contributed by atoms with Crippen LogP contribution in [0, 0.1) is 6.92 Å². The van der Waals surface area contributed by atoms with Crippen molar-refractivity contribution in [2.24, 2.45) is 0 Å². The van der Waals surface area contributed by atoms with Crippen LogP contribution in [0.15, 0.2) is 78.9 Å². The van der Waals surface area contributed by atoms with E-state index in [0.29, 0.717) is 6.54 Å². The monoisotopic (exact) mass is 359 g/mol. The van der Waals surface area contributed by atoms with Crippen molar-refractivity contribution in [1.29, 1.82) is 0 Å². The van der Waals surface area contributed by atoms with Gasteiger partial charge < -0.3 is 10.6 Å². The number of benzene rings is 3. The van der Waals surface area contributed by atoms with E-state index in [0.717, 1.165) is 17.7 Å². The van der Waals surface area contributed by atoms with Crippen LogP contribution in [0.5, 0.6) is 0 Å².